The molecule has 30 heteroatoms. The number of carbonyl (C=O) groups excluding carboxylic acids is 6. The maximum atomic E-state index is 15.8. The highest BCUT2D eigenvalue weighted by Gasteiger charge is 2.83. The van der Waals surface area contributed by atoms with Gasteiger partial charge < -0.3 is 83.0 Å². The van der Waals surface area contributed by atoms with Crippen LogP contribution in [0, 0.1) is 29.6 Å². The molecule has 11 aliphatic rings. The van der Waals surface area contributed by atoms with Gasteiger partial charge in [-0.2, -0.15) is 8.42 Å². The number of aromatic amines is 2. The fourth-order valence-corrected chi connectivity index (χ4v) is 28.5. The molecule has 18 rings (SSSR count). The van der Waals surface area contributed by atoms with Crippen molar-refractivity contribution >= 4 is 79.1 Å². The zero-order chi connectivity index (χ0) is 92.9. The van der Waals surface area contributed by atoms with Gasteiger partial charge in [0.2, 0.25) is 11.2 Å². The van der Waals surface area contributed by atoms with Gasteiger partial charge in [0, 0.05) is 175 Å². The predicted octanol–water partition coefficient (Wildman–Crippen LogP) is 10.6. The Balaban J connectivity index is 0.000000202. The van der Waals surface area contributed by atoms with Gasteiger partial charge >= 0.3 is 35.8 Å². The van der Waals surface area contributed by atoms with Crippen molar-refractivity contribution in [1.82, 2.24) is 29.6 Å². The van der Waals surface area contributed by atoms with Crippen molar-refractivity contribution in [1.29, 1.82) is 0 Å². The number of methoxy groups -OCH3 is 6. The number of piperidine rings is 1. The van der Waals surface area contributed by atoms with Crippen molar-refractivity contribution in [3.05, 3.63) is 172 Å². The lowest BCUT2D eigenvalue weighted by Gasteiger charge is -2.63. The number of anilines is 2. The minimum atomic E-state index is -4.33. The van der Waals surface area contributed by atoms with E-state index in [1.807, 2.05) is 131 Å². The number of rotatable bonds is 18. The lowest BCUT2D eigenvalue weighted by Crippen LogP contribution is -2.81. The summed E-state index contributed by atoms with van der Waals surface area (Å²) in [7, 11) is 9.62. The Morgan fingerprint density at radius 3 is 1.38 bits per heavy atom. The molecule has 6 N–H and O–H groups in total. The Labute approximate surface area is 774 Å². The molecule has 5 aromatic carbocycles. The number of nitrogens with zero attached hydrogens (tertiary/aromatic N) is 6. The first-order chi connectivity index (χ1) is 62.0. The number of hydrogen-bond donors (Lipinski definition) is 6. The Morgan fingerprint density at radius 2 is 0.947 bits per heavy atom. The number of aryl methyl sites for hydroxylation is 1. The fraction of sp³-hybridized carbons (Fsp3) is 0.569. The number of aromatic nitrogens is 2. The van der Waals surface area contributed by atoms with Crippen LogP contribution in [0.5, 0.6) is 11.5 Å². The molecule has 3 saturated heterocycles. The second-order valence-corrected chi connectivity index (χ2v) is 40.6. The summed E-state index contributed by atoms with van der Waals surface area (Å²) in [5.41, 5.74) is -4.59. The number of likely N-dealkylation sites (N-methyl/N-ethyl adjacent to an activating group) is 3. The van der Waals surface area contributed by atoms with E-state index >= 15 is 9.59 Å². The number of benzene rings is 5. The summed E-state index contributed by atoms with van der Waals surface area (Å²) in [6.07, 6.45) is 10.1. The molecule has 0 amide bonds. The molecule has 5 fully saturated rings. The van der Waals surface area contributed by atoms with Crippen molar-refractivity contribution in [2.75, 3.05) is 139 Å². The van der Waals surface area contributed by atoms with E-state index in [0.717, 1.165) is 61.0 Å². The topological polar surface area (TPSA) is 352 Å². The summed E-state index contributed by atoms with van der Waals surface area (Å²) in [5, 5.41) is 53.3. The highest BCUT2D eigenvalue weighted by Crippen LogP contribution is 2.71. The first kappa shape index (κ1) is 96.8. The van der Waals surface area contributed by atoms with Crippen LogP contribution in [0.3, 0.4) is 0 Å². The van der Waals surface area contributed by atoms with Gasteiger partial charge in [-0.15, -0.1) is 0 Å². The quantitative estimate of drug-likeness (QED) is 0.0201. The molecular formula is C102H134N8O21S. The third-order valence-electron chi connectivity index (χ3n) is 32.6. The van der Waals surface area contributed by atoms with Gasteiger partial charge in [0.1, 0.15) is 22.3 Å². The monoisotopic (exact) mass is 1840 g/mol. The van der Waals surface area contributed by atoms with Crippen LogP contribution in [0.2, 0.25) is 0 Å². The number of fused-ring (bicyclic) bond motifs is 10. The first-order valence-electron chi connectivity index (χ1n) is 45.9. The first-order valence-corrected chi connectivity index (χ1v) is 47.3. The minimum absolute atomic E-state index is 0. The molecular weight excluding hydrogens is 1710 g/mol. The van der Waals surface area contributed by atoms with E-state index in [1.165, 1.54) is 61.5 Å². The van der Waals surface area contributed by atoms with E-state index in [-0.39, 0.29) is 56.8 Å². The molecule has 132 heavy (non-hydrogen) atoms. The number of β-amino-alcohol motifs (C(OH)–C–C–N with tert-alkyl or cyclic N) is 1. The maximum absolute atomic E-state index is 15.8. The summed E-state index contributed by atoms with van der Waals surface area (Å²) in [5.74, 6) is -4.37. The smallest absolute Gasteiger partial charge is 0.344 e. The van der Waals surface area contributed by atoms with Crippen molar-refractivity contribution in [2.45, 2.75) is 226 Å². The van der Waals surface area contributed by atoms with Crippen LogP contribution in [0.25, 0.3) is 21.8 Å². The lowest BCUT2D eigenvalue weighted by molar-refractivity contribution is -0.229. The van der Waals surface area contributed by atoms with Crippen LogP contribution in [0.4, 0.5) is 11.4 Å². The number of aliphatic hydroxyl groups is 4. The van der Waals surface area contributed by atoms with Gasteiger partial charge in [0.15, 0.2) is 12.2 Å². The zero-order valence-electron chi connectivity index (χ0n) is 77.5. The van der Waals surface area contributed by atoms with Crippen molar-refractivity contribution in [2.24, 2.45) is 22.7 Å². The van der Waals surface area contributed by atoms with E-state index in [1.54, 1.807) is 26.3 Å². The lowest BCUT2D eigenvalue weighted by atomic mass is 9.47. The third kappa shape index (κ3) is 14.1. The van der Waals surface area contributed by atoms with E-state index in [4.69, 9.17) is 42.1 Å². The van der Waals surface area contributed by atoms with Crippen LogP contribution in [-0.4, -0.2) is 282 Å². The standard InChI is InChI=1S/C54H68N4O12S.C46H58N4O9.2CH4/c1-10-50(62)29-35(31-69-71(64,65)36-19-17-33(3)18-20-36)30-53(48(60)67-8,44-38(21-25-56(5)32-50)37-15-12-13-16-41(37)55-44)40-27-39-42(28-43(40)66-7)57(6)46-52(39)23-26-58-24-14-22-51(11-2,45(52)58)47(70-34(4)59)54(46,63)49(61)68-9;1-8-42(54)23-28-24-45(40(52)57-6,36-30(15-19-49(25-28)26-42)29-13-10-11-14-33(29)47-36)32-21-31-34(22-35(32)56-5)48(4)38-44(31)17-20-50-18-12-16-43(9-2,37(44)50)39(59-27(3)51)46(38,55)41(53)58-7;;/h12-20,22,27-28,35,45-47,55,62-63H,10-11,21,23-26,29-32H2,1-9H3;10-14,16,21-22,28,37-39,47,54-55H,8-9,15,17-20,23-26H2,1-7H3;2*1H4/t35-,45-,46+,47+,50-,51+,52?,53-,54-;28-,37?,38+,39+,42-,43+,44?,45-,46-;;/m00../s1. The summed E-state index contributed by atoms with van der Waals surface area (Å²) in [6.45, 7) is 17.1. The van der Waals surface area contributed by atoms with E-state index < -0.39 is 144 Å². The third-order valence-corrected chi connectivity index (χ3v) is 33.9. The van der Waals surface area contributed by atoms with Gasteiger partial charge in [-0.3, -0.25) is 38.1 Å². The molecule has 714 valence electrons. The van der Waals surface area contributed by atoms with Crippen LogP contribution >= 0.6 is 0 Å². The van der Waals surface area contributed by atoms with Crippen LogP contribution in [-0.2, 0) is 106 Å². The van der Waals surface area contributed by atoms with Crippen molar-refractivity contribution in [3.63, 3.8) is 0 Å². The van der Waals surface area contributed by atoms with Gasteiger partial charge in [-0.25, -0.2) is 9.59 Å². The molecule has 29 nitrogen and oxygen atoms in total. The SMILES string of the molecule is C.C.CC[C@]1(O)C[C@@H]2CN(CCc3c([nH]c4ccccc34)[C@@](C(=O)OC)(c3cc4c(cc3OC)N(C)[C@@H]3C45CCN4CC=C[C@](CC)(C45)[C@@H](OC(C)=O)[C@]3(O)C(=O)OC)C2)C1.CC[C@]1(O)C[C@H](COS(=O)(=O)c2ccc(C)cc2)C[C@](C(=O)OC)(c2cc3c(cc2OC)N(C)[C@@H]2C34CCN3CC=C[C@](CC)([C@H]34)[C@@H](OC(C)=O)[C@]2(O)C(=O)OC)c2[nH]c3ccccc3c2CCN(C)C1. The average molecular weight is 1840 g/mol. The number of carbonyl (C=O) groups is 6. The maximum Gasteiger partial charge on any atom is 0.344 e. The van der Waals surface area contributed by atoms with Crippen LogP contribution in [0.1, 0.15) is 171 Å². The Morgan fingerprint density at radius 1 is 0.508 bits per heavy atom. The number of H-pyrrole nitrogens is 2. The second-order valence-electron chi connectivity index (χ2n) is 39.0. The van der Waals surface area contributed by atoms with Gasteiger partial charge in [-0.05, 0) is 175 Å². The van der Waals surface area contributed by atoms with E-state index in [0.29, 0.717) is 145 Å². The van der Waals surface area contributed by atoms with Gasteiger partial charge in [0.05, 0.1) is 77.4 Å². The average Bonchev–Trinajstić information content (AvgIpc) is 1.48. The highest BCUT2D eigenvalue weighted by molar-refractivity contribution is 7.86. The zero-order valence-corrected chi connectivity index (χ0v) is 78.4. The molecule has 2 bridgehead atoms. The molecule has 2 aromatic heterocycles. The fourth-order valence-electron chi connectivity index (χ4n) is 27.6. The predicted molar refractivity (Wildman–Crippen MR) is 500 cm³/mol. The van der Waals surface area contributed by atoms with Gasteiger partial charge in [-0.1, -0.05) is 121 Å². The van der Waals surface area contributed by atoms with E-state index in [2.05, 4.69) is 53.9 Å². The largest absolute Gasteiger partial charge is 0.496 e. The summed E-state index contributed by atoms with van der Waals surface area (Å²) in [4.78, 5) is 107. The molecule has 11 heterocycles. The van der Waals surface area contributed by atoms with Gasteiger partial charge in [0.25, 0.3) is 10.1 Å². The summed E-state index contributed by atoms with van der Waals surface area (Å²) in [6, 6.07) is 27.5. The number of nitrogens with one attached hydrogen (secondary N) is 2. The van der Waals surface area contributed by atoms with Crippen LogP contribution < -0.4 is 19.3 Å². The number of para-hydroxylation sites is 2. The number of ether oxygens (including phenoxy) is 8. The summed E-state index contributed by atoms with van der Waals surface area (Å²) >= 11 is 0. The Hall–Kier alpha value is -9.73. The normalized spacial score (nSPS) is 33.6. The molecule has 9 aliphatic heterocycles. The molecule has 2 saturated carbocycles. The van der Waals surface area contributed by atoms with E-state index in [9.17, 15) is 48.0 Å². The molecule has 2 aliphatic carbocycles. The molecule has 7 aromatic rings. The molecule has 4 unspecified atom stereocenters. The van der Waals surface area contributed by atoms with Crippen molar-refractivity contribution in [3.8, 4) is 11.5 Å². The highest BCUT2D eigenvalue weighted by atomic mass is 32.2. The minimum Gasteiger partial charge on any atom is -0.496 e. The summed E-state index contributed by atoms with van der Waals surface area (Å²) < 4.78 is 82.2. The van der Waals surface area contributed by atoms with Crippen LogP contribution in [0.15, 0.2) is 126 Å². The number of esters is 6. The molecule has 0 radical (unpaired) electrons. The second kappa shape index (κ2) is 35.2. The number of hydrogen-bond acceptors (Lipinski definition) is 27. The Bertz CT molecular complexity index is 5840. The van der Waals surface area contributed by atoms with Crippen molar-refractivity contribution < 1.29 is 99.7 Å². The Kier molecular flexibility index (Phi) is 25.8. The molecule has 2 spiro atoms. The molecule has 19 atom stereocenters.